The number of thiazole rings is 1. The summed E-state index contributed by atoms with van der Waals surface area (Å²) in [5, 5.41) is 2.87. The summed E-state index contributed by atoms with van der Waals surface area (Å²) in [6.45, 7) is 3.26. The minimum Gasteiger partial charge on any atom is -0.490 e. The van der Waals surface area contributed by atoms with Crippen LogP contribution in [0.2, 0.25) is 0 Å². The van der Waals surface area contributed by atoms with Crippen molar-refractivity contribution in [2.75, 3.05) is 24.3 Å². The third-order valence-corrected chi connectivity index (χ3v) is 7.99. The first kappa shape index (κ1) is 26.5. The molecule has 1 aliphatic carbocycles. The third-order valence-electron chi connectivity index (χ3n) is 7.09. The summed E-state index contributed by atoms with van der Waals surface area (Å²) in [4.78, 5) is 21.5. The number of anilines is 2. The van der Waals surface area contributed by atoms with Crippen LogP contribution in [0.1, 0.15) is 61.0 Å². The molecule has 2 fully saturated rings. The molecule has 1 saturated heterocycles. The van der Waals surface area contributed by atoms with Gasteiger partial charge in [-0.1, -0.05) is 18.3 Å². The first-order valence-corrected chi connectivity index (χ1v) is 13.6. The van der Waals surface area contributed by atoms with E-state index in [2.05, 4.69) is 22.2 Å². The normalized spacial score (nSPS) is 22.3. The Morgan fingerprint density at radius 2 is 1.92 bits per heavy atom. The van der Waals surface area contributed by atoms with Gasteiger partial charge >= 0.3 is 0 Å². The summed E-state index contributed by atoms with van der Waals surface area (Å²) >= 11 is 0.845. The molecule has 5 rings (SSSR count). The molecule has 3 heterocycles. The van der Waals surface area contributed by atoms with Crippen molar-refractivity contribution in [2.24, 2.45) is 11.7 Å². The highest BCUT2D eigenvalue weighted by Crippen LogP contribution is 2.39. The van der Waals surface area contributed by atoms with Crippen LogP contribution in [-0.4, -0.2) is 41.2 Å². The smallest absolute Gasteiger partial charge is 0.277 e. The number of aromatic nitrogens is 2. The Morgan fingerprint density at radius 1 is 1.18 bits per heavy atom. The van der Waals surface area contributed by atoms with Gasteiger partial charge in [-0.05, 0) is 42.7 Å². The van der Waals surface area contributed by atoms with Gasteiger partial charge in [-0.3, -0.25) is 9.78 Å². The van der Waals surface area contributed by atoms with E-state index in [0.717, 1.165) is 48.3 Å². The first-order valence-electron chi connectivity index (χ1n) is 12.8. The van der Waals surface area contributed by atoms with E-state index in [0.29, 0.717) is 37.7 Å². The van der Waals surface area contributed by atoms with Crippen LogP contribution in [0, 0.1) is 17.6 Å². The lowest BCUT2D eigenvalue weighted by molar-refractivity contribution is 0.0253. The number of nitrogens with one attached hydrogen (secondary N) is 1. The predicted molar refractivity (Wildman–Crippen MR) is 142 cm³/mol. The maximum Gasteiger partial charge on any atom is 0.277 e. The van der Waals surface area contributed by atoms with E-state index in [1.807, 2.05) is 6.07 Å². The molecule has 2 aromatic heterocycles. The van der Waals surface area contributed by atoms with Crippen LogP contribution >= 0.6 is 11.3 Å². The lowest BCUT2D eigenvalue weighted by atomic mass is 9.76. The SMILES string of the molecule is C[C@@H]1C[C@H](N)C[C@H](c2ccncc2NC(=O)c2nc(-c3c(F)cc(OC4CCOCC4)cc3F)sc2N)C1. The molecule has 1 saturated carbocycles. The van der Waals surface area contributed by atoms with E-state index >= 15 is 8.78 Å². The number of carbonyl (C=O) groups is 1. The van der Waals surface area contributed by atoms with Crippen molar-refractivity contribution in [3.05, 3.63) is 53.5 Å². The van der Waals surface area contributed by atoms with Crippen LogP contribution < -0.4 is 21.5 Å². The van der Waals surface area contributed by atoms with Crippen molar-refractivity contribution < 1.29 is 23.0 Å². The van der Waals surface area contributed by atoms with E-state index in [-0.39, 0.29) is 45.1 Å². The van der Waals surface area contributed by atoms with Gasteiger partial charge in [-0.25, -0.2) is 13.8 Å². The van der Waals surface area contributed by atoms with Gasteiger partial charge in [0.1, 0.15) is 33.5 Å². The summed E-state index contributed by atoms with van der Waals surface area (Å²) in [6.07, 6.45) is 7.14. The Morgan fingerprint density at radius 3 is 2.63 bits per heavy atom. The summed E-state index contributed by atoms with van der Waals surface area (Å²) in [5.41, 5.74) is 13.4. The summed E-state index contributed by atoms with van der Waals surface area (Å²) in [7, 11) is 0. The molecule has 202 valence electrons. The summed E-state index contributed by atoms with van der Waals surface area (Å²) in [5.74, 6) is -1.52. The van der Waals surface area contributed by atoms with E-state index in [9.17, 15) is 4.79 Å². The minimum atomic E-state index is -0.843. The van der Waals surface area contributed by atoms with Crippen molar-refractivity contribution in [3.63, 3.8) is 0 Å². The molecule has 1 amide bonds. The van der Waals surface area contributed by atoms with Crippen molar-refractivity contribution in [2.45, 2.75) is 57.1 Å². The maximum atomic E-state index is 15.0. The predicted octanol–water partition coefficient (Wildman–Crippen LogP) is 5.11. The van der Waals surface area contributed by atoms with E-state index in [1.165, 1.54) is 0 Å². The topological polar surface area (TPSA) is 125 Å². The van der Waals surface area contributed by atoms with E-state index in [1.54, 1.807) is 12.4 Å². The lowest BCUT2D eigenvalue weighted by Crippen LogP contribution is -2.31. The van der Waals surface area contributed by atoms with Crippen LogP contribution in [0.15, 0.2) is 30.6 Å². The Labute approximate surface area is 223 Å². The van der Waals surface area contributed by atoms with Crippen LogP contribution in [0.25, 0.3) is 10.6 Å². The van der Waals surface area contributed by atoms with E-state index in [4.69, 9.17) is 20.9 Å². The molecule has 0 bridgehead atoms. The second kappa shape index (κ2) is 11.3. The van der Waals surface area contributed by atoms with Crippen molar-refractivity contribution in [1.82, 2.24) is 9.97 Å². The van der Waals surface area contributed by atoms with Gasteiger partial charge in [0.25, 0.3) is 5.91 Å². The van der Waals surface area contributed by atoms with Gasteiger partial charge < -0.3 is 26.3 Å². The minimum absolute atomic E-state index is 0.0289. The molecule has 11 heteroatoms. The Balaban J connectivity index is 1.35. The monoisotopic (exact) mass is 543 g/mol. The number of benzene rings is 1. The maximum absolute atomic E-state index is 15.0. The number of halogens is 2. The van der Waals surface area contributed by atoms with Crippen LogP contribution in [0.3, 0.4) is 0 Å². The van der Waals surface area contributed by atoms with Gasteiger partial charge in [-0.2, -0.15) is 0 Å². The molecule has 5 N–H and O–H groups in total. The zero-order chi connectivity index (χ0) is 26.8. The number of pyridine rings is 1. The van der Waals surface area contributed by atoms with Crippen LogP contribution in [0.4, 0.5) is 19.5 Å². The number of hydrogen-bond donors (Lipinski definition) is 3. The van der Waals surface area contributed by atoms with Crippen LogP contribution in [0.5, 0.6) is 5.75 Å². The second-order valence-corrected chi connectivity index (χ2v) is 11.1. The molecular weight excluding hydrogens is 512 g/mol. The fourth-order valence-corrected chi connectivity index (χ4v) is 6.25. The number of hydrogen-bond acceptors (Lipinski definition) is 8. The van der Waals surface area contributed by atoms with Crippen LogP contribution in [-0.2, 0) is 4.74 Å². The number of rotatable bonds is 6. The fourth-order valence-electron chi connectivity index (χ4n) is 5.37. The number of ether oxygens (including phenoxy) is 2. The quantitative estimate of drug-likeness (QED) is 0.395. The van der Waals surface area contributed by atoms with Crippen molar-refractivity contribution >= 4 is 27.9 Å². The largest absolute Gasteiger partial charge is 0.490 e. The third kappa shape index (κ3) is 5.79. The average molecular weight is 544 g/mol. The Kier molecular flexibility index (Phi) is 7.87. The summed E-state index contributed by atoms with van der Waals surface area (Å²) < 4.78 is 41.1. The zero-order valence-corrected chi connectivity index (χ0v) is 21.9. The number of nitrogen functional groups attached to an aromatic ring is 1. The van der Waals surface area contributed by atoms with Gasteiger partial charge in [0.15, 0.2) is 5.69 Å². The highest BCUT2D eigenvalue weighted by atomic mass is 32.1. The molecular formula is C27H31F2N5O3S. The lowest BCUT2D eigenvalue weighted by Gasteiger charge is -2.32. The molecule has 2 aliphatic rings. The van der Waals surface area contributed by atoms with E-state index < -0.39 is 17.5 Å². The van der Waals surface area contributed by atoms with Gasteiger partial charge in [0.05, 0.1) is 30.7 Å². The Bertz CT molecular complexity index is 1280. The Hall–Kier alpha value is -3.15. The van der Waals surface area contributed by atoms with Gasteiger partial charge in [0.2, 0.25) is 0 Å². The second-order valence-electron chi connectivity index (χ2n) is 10.1. The number of nitrogens with zero attached hydrogens (tertiary/aromatic N) is 2. The molecule has 8 nitrogen and oxygen atoms in total. The highest BCUT2D eigenvalue weighted by molar-refractivity contribution is 7.19. The van der Waals surface area contributed by atoms with Crippen molar-refractivity contribution in [3.8, 4) is 16.3 Å². The standard InChI is InChI=1S/C27H31F2N5O3S/c1-14-8-15(10-16(30)9-14)19-2-5-32-13-22(19)33-26(35)24-25(31)38-27(34-24)23-20(28)11-18(12-21(23)29)37-17-3-6-36-7-4-17/h2,5,11-17H,3-4,6-10,30-31H2,1H3,(H,33,35)/t14-,15+,16-/m0/s1. The van der Waals surface area contributed by atoms with Gasteiger partial charge in [-0.15, -0.1) is 0 Å². The first-order chi connectivity index (χ1) is 18.3. The molecule has 0 unspecified atom stereocenters. The fraction of sp³-hybridized carbons (Fsp3) is 0.444. The highest BCUT2D eigenvalue weighted by Gasteiger charge is 2.29. The number of amides is 1. The molecule has 3 aromatic rings. The van der Waals surface area contributed by atoms with Gasteiger partial charge in [0, 0.05) is 37.2 Å². The van der Waals surface area contributed by atoms with Crippen molar-refractivity contribution in [1.29, 1.82) is 0 Å². The molecule has 38 heavy (non-hydrogen) atoms. The zero-order valence-electron chi connectivity index (χ0n) is 21.1. The molecule has 3 atom stereocenters. The molecule has 0 radical (unpaired) electrons. The number of nitrogens with two attached hydrogens (primary N) is 2. The molecule has 1 aromatic carbocycles. The number of carbonyl (C=O) groups excluding carboxylic acids is 1. The molecule has 0 spiro atoms. The molecule has 1 aliphatic heterocycles. The summed E-state index contributed by atoms with van der Waals surface area (Å²) in [6, 6.07) is 4.23. The average Bonchev–Trinajstić information content (AvgIpc) is 3.25.